The van der Waals surface area contributed by atoms with Crippen LogP contribution in [0.2, 0.25) is 0 Å². The zero-order valence-corrected chi connectivity index (χ0v) is 22.8. The van der Waals surface area contributed by atoms with Gasteiger partial charge in [-0.3, -0.25) is 0 Å². The molecule has 2 saturated heterocycles. The van der Waals surface area contributed by atoms with E-state index in [9.17, 15) is 22.0 Å². The van der Waals surface area contributed by atoms with Crippen molar-refractivity contribution in [1.29, 1.82) is 0 Å². The van der Waals surface area contributed by atoms with Crippen LogP contribution in [0.3, 0.4) is 0 Å². The van der Waals surface area contributed by atoms with Crippen LogP contribution in [0.5, 0.6) is 0 Å². The molecule has 4 atom stereocenters. The number of ether oxygens (including phenoxy) is 2. The van der Waals surface area contributed by atoms with Gasteiger partial charge < -0.3 is 14.7 Å². The molecule has 0 spiro atoms. The monoisotopic (exact) mass is 549 g/mol. The molecule has 3 aliphatic rings. The van der Waals surface area contributed by atoms with Gasteiger partial charge in [0.2, 0.25) is 20.0 Å². The fourth-order valence-corrected chi connectivity index (χ4v) is 8.67. The van der Waals surface area contributed by atoms with Gasteiger partial charge in [-0.15, -0.1) is 0 Å². The van der Waals surface area contributed by atoms with E-state index in [0.717, 1.165) is 0 Å². The molecule has 0 saturated carbocycles. The molecule has 2 fully saturated rings. The van der Waals surface area contributed by atoms with E-state index >= 15 is 0 Å². The first-order valence-electron chi connectivity index (χ1n) is 12.2. The standard InChI is InChI=1S/C25H31N3O7S2/c1-15-11-27(12-16(2)34-15)36(30,31)19-5-7-21-22-8-6-20(10-24(22)25(26-29)23(21)9-19)37(32,33)28-13-17(3)35-18(4)14-28/h5-10,15-18,29H,11-14H2,1-4H3/t15-,16-,17+,18+. The third-order valence-electron chi connectivity index (χ3n) is 6.93. The Kier molecular flexibility index (Phi) is 6.70. The molecule has 5 rings (SSSR count). The summed E-state index contributed by atoms with van der Waals surface area (Å²) >= 11 is 0. The van der Waals surface area contributed by atoms with Crippen LogP contribution in [0.4, 0.5) is 0 Å². The second kappa shape index (κ2) is 9.44. The number of morpholine rings is 2. The molecule has 0 bridgehead atoms. The minimum Gasteiger partial charge on any atom is -0.410 e. The molecule has 12 heteroatoms. The third-order valence-corrected chi connectivity index (χ3v) is 10.6. The summed E-state index contributed by atoms with van der Waals surface area (Å²) in [6, 6.07) is 9.39. The van der Waals surface area contributed by atoms with Crippen molar-refractivity contribution in [3.63, 3.8) is 0 Å². The fraction of sp³-hybridized carbons (Fsp3) is 0.480. The second-order valence-corrected chi connectivity index (χ2v) is 13.9. The Hall–Kier alpha value is -2.35. The highest BCUT2D eigenvalue weighted by molar-refractivity contribution is 7.89. The number of hydrogen-bond donors (Lipinski definition) is 1. The van der Waals surface area contributed by atoms with Gasteiger partial charge in [0.05, 0.1) is 34.2 Å². The number of nitrogens with zero attached hydrogens (tertiary/aromatic N) is 3. The van der Waals surface area contributed by atoms with Gasteiger partial charge in [0.25, 0.3) is 0 Å². The van der Waals surface area contributed by atoms with Crippen LogP contribution in [0, 0.1) is 0 Å². The Balaban J connectivity index is 1.51. The number of benzene rings is 2. The predicted molar refractivity (Wildman–Crippen MR) is 137 cm³/mol. The van der Waals surface area contributed by atoms with Crippen molar-refractivity contribution in [2.24, 2.45) is 5.16 Å². The molecule has 10 nitrogen and oxygen atoms in total. The summed E-state index contributed by atoms with van der Waals surface area (Å²) in [5.41, 5.74) is 2.32. The Morgan fingerprint density at radius 1 is 0.676 bits per heavy atom. The molecule has 2 aromatic rings. The van der Waals surface area contributed by atoms with Gasteiger partial charge in [-0.1, -0.05) is 17.3 Å². The van der Waals surface area contributed by atoms with Crippen LogP contribution in [-0.2, 0) is 29.5 Å². The zero-order chi connectivity index (χ0) is 26.7. The van der Waals surface area contributed by atoms with Gasteiger partial charge in [-0.05, 0) is 63.1 Å². The first kappa shape index (κ1) is 26.3. The lowest BCUT2D eigenvalue weighted by molar-refractivity contribution is -0.0442. The molecule has 1 N–H and O–H groups in total. The Labute approximate surface area is 217 Å². The van der Waals surface area contributed by atoms with E-state index in [2.05, 4.69) is 5.16 Å². The summed E-state index contributed by atoms with van der Waals surface area (Å²) in [5.74, 6) is 0. The summed E-state index contributed by atoms with van der Waals surface area (Å²) in [6.45, 7) is 8.29. The van der Waals surface area contributed by atoms with Crippen molar-refractivity contribution in [1.82, 2.24) is 8.61 Å². The molecule has 2 aromatic carbocycles. The van der Waals surface area contributed by atoms with Gasteiger partial charge in [0.1, 0.15) is 5.71 Å². The maximum absolute atomic E-state index is 13.4. The second-order valence-electron chi connectivity index (χ2n) is 10.0. The van der Waals surface area contributed by atoms with Crippen molar-refractivity contribution >= 4 is 25.8 Å². The highest BCUT2D eigenvalue weighted by Crippen LogP contribution is 2.40. The summed E-state index contributed by atoms with van der Waals surface area (Å²) < 4.78 is 67.9. The van der Waals surface area contributed by atoms with Crippen molar-refractivity contribution in [2.75, 3.05) is 26.2 Å². The van der Waals surface area contributed by atoms with Gasteiger partial charge in [0.15, 0.2) is 0 Å². The van der Waals surface area contributed by atoms with Crippen LogP contribution < -0.4 is 0 Å². The highest BCUT2D eigenvalue weighted by Gasteiger charge is 2.36. The van der Waals surface area contributed by atoms with E-state index in [4.69, 9.17) is 9.47 Å². The molecular weight excluding hydrogens is 518 g/mol. The molecule has 0 unspecified atom stereocenters. The molecule has 2 heterocycles. The summed E-state index contributed by atoms with van der Waals surface area (Å²) in [4.78, 5) is 0.149. The topological polar surface area (TPSA) is 126 Å². The number of hydrogen-bond acceptors (Lipinski definition) is 8. The lowest BCUT2D eigenvalue weighted by Crippen LogP contribution is -2.48. The largest absolute Gasteiger partial charge is 0.410 e. The number of sulfonamides is 2. The third kappa shape index (κ3) is 4.59. The zero-order valence-electron chi connectivity index (χ0n) is 21.2. The van der Waals surface area contributed by atoms with E-state index in [1.165, 1.54) is 32.9 Å². The first-order chi connectivity index (χ1) is 17.4. The molecule has 0 radical (unpaired) electrons. The minimum atomic E-state index is -3.82. The smallest absolute Gasteiger partial charge is 0.243 e. The maximum Gasteiger partial charge on any atom is 0.243 e. The first-order valence-corrected chi connectivity index (χ1v) is 15.1. The van der Waals surface area contributed by atoms with Crippen LogP contribution in [0.25, 0.3) is 11.1 Å². The van der Waals surface area contributed by atoms with Crippen LogP contribution in [0.1, 0.15) is 38.8 Å². The lowest BCUT2D eigenvalue weighted by atomic mass is 10.1. The SMILES string of the molecule is C[C@@H]1CN(S(=O)(=O)c2ccc3c(c2)C(=NO)c2cc(S(=O)(=O)N4C[C@H](C)O[C@@H](C)C4)ccc2-3)C[C@@H](C)O1. The number of oxime groups is 1. The average Bonchev–Trinajstić information content (AvgIpc) is 3.15. The average molecular weight is 550 g/mol. The van der Waals surface area contributed by atoms with Crippen LogP contribution >= 0.6 is 0 Å². The maximum atomic E-state index is 13.4. The normalized spacial score (nSPS) is 28.3. The van der Waals surface area contributed by atoms with E-state index in [1.807, 2.05) is 27.7 Å². The lowest BCUT2D eigenvalue weighted by Gasteiger charge is -2.34. The van der Waals surface area contributed by atoms with Crippen LogP contribution in [-0.4, -0.2) is 87.0 Å². The van der Waals surface area contributed by atoms with Crippen molar-refractivity contribution in [2.45, 2.75) is 61.9 Å². The Bertz CT molecular complexity index is 1350. The molecule has 1 aliphatic carbocycles. The fourth-order valence-electron chi connectivity index (χ4n) is 5.43. The number of fused-ring (bicyclic) bond motifs is 3. The van der Waals surface area contributed by atoms with Gasteiger partial charge >= 0.3 is 0 Å². The van der Waals surface area contributed by atoms with Gasteiger partial charge in [-0.25, -0.2) is 16.8 Å². The quantitative estimate of drug-likeness (QED) is 0.391. The molecular formula is C25H31N3O7S2. The molecule has 0 aromatic heterocycles. The molecule has 37 heavy (non-hydrogen) atoms. The summed E-state index contributed by atoms with van der Waals surface area (Å²) in [5, 5.41) is 13.4. The Morgan fingerprint density at radius 2 is 1.03 bits per heavy atom. The van der Waals surface area contributed by atoms with E-state index < -0.39 is 20.0 Å². The van der Waals surface area contributed by atoms with Crippen LogP contribution in [0.15, 0.2) is 51.3 Å². The van der Waals surface area contributed by atoms with Crippen molar-refractivity contribution in [3.8, 4) is 11.1 Å². The summed E-state index contributed by atoms with van der Waals surface area (Å²) in [7, 11) is -7.65. The Morgan fingerprint density at radius 3 is 1.35 bits per heavy atom. The van der Waals surface area contributed by atoms with Crippen molar-refractivity contribution in [3.05, 3.63) is 47.5 Å². The highest BCUT2D eigenvalue weighted by atomic mass is 32.2. The van der Waals surface area contributed by atoms with Gasteiger partial charge in [0, 0.05) is 37.3 Å². The molecule has 0 amide bonds. The van der Waals surface area contributed by atoms with E-state index in [-0.39, 0.29) is 66.1 Å². The van der Waals surface area contributed by atoms with Gasteiger partial charge in [-0.2, -0.15) is 8.61 Å². The summed E-state index contributed by atoms with van der Waals surface area (Å²) in [6.07, 6.45) is -0.927. The molecule has 2 aliphatic heterocycles. The van der Waals surface area contributed by atoms with E-state index in [0.29, 0.717) is 22.3 Å². The van der Waals surface area contributed by atoms with E-state index in [1.54, 1.807) is 12.1 Å². The minimum absolute atomic E-state index is 0.0747. The van der Waals surface area contributed by atoms with Crippen molar-refractivity contribution < 1.29 is 31.5 Å². The predicted octanol–water partition coefficient (Wildman–Crippen LogP) is 2.49. The molecule has 200 valence electrons. The number of rotatable bonds is 4.